The summed E-state index contributed by atoms with van der Waals surface area (Å²) in [7, 11) is 0. The van der Waals surface area contributed by atoms with Crippen LogP contribution >= 0.6 is 0 Å². The number of rotatable bonds is 7. The lowest BCUT2D eigenvalue weighted by Crippen LogP contribution is -2.40. The summed E-state index contributed by atoms with van der Waals surface area (Å²) >= 11 is 0. The first-order valence-corrected chi connectivity index (χ1v) is 14.9. The first-order chi connectivity index (χ1) is 21.0. The maximum absolute atomic E-state index is 12.0. The Labute approximate surface area is 256 Å². The fourth-order valence-corrected chi connectivity index (χ4v) is 4.80. The van der Waals surface area contributed by atoms with Gasteiger partial charge in [0.2, 0.25) is 5.95 Å². The average molecular weight is 616 g/mol. The quantitative estimate of drug-likeness (QED) is 0.353. The van der Waals surface area contributed by atoms with Crippen molar-refractivity contribution in [1.29, 1.82) is 0 Å². The first kappa shape index (κ1) is 32.7. The molecule has 0 saturated carbocycles. The minimum Gasteiger partial charge on any atom is -0.490 e. The summed E-state index contributed by atoms with van der Waals surface area (Å²) in [6, 6.07) is 6.24. The normalized spacial score (nSPS) is 17.1. The molecule has 5 rings (SSSR count). The number of aryl methyl sites for hydroxylation is 1. The SMILES string of the molecule is CCc1ccc(N2CCC(COc3cnc(N4CCC(NC(=O)OC(C)(C)C)C4)nc3)CC2)nn1.Fc1ccc(F)c(F)c1. The summed E-state index contributed by atoms with van der Waals surface area (Å²) in [6.07, 6.45) is 6.91. The molecule has 0 spiro atoms. The number of anilines is 2. The van der Waals surface area contributed by atoms with Gasteiger partial charge in [0.15, 0.2) is 23.2 Å². The molecule has 1 N–H and O–H groups in total. The highest BCUT2D eigenvalue weighted by molar-refractivity contribution is 5.68. The van der Waals surface area contributed by atoms with E-state index in [0.717, 1.165) is 69.0 Å². The van der Waals surface area contributed by atoms with Crippen molar-refractivity contribution in [3.8, 4) is 5.75 Å². The Morgan fingerprint density at radius 1 is 0.955 bits per heavy atom. The van der Waals surface area contributed by atoms with Crippen LogP contribution in [-0.2, 0) is 11.2 Å². The molecule has 1 unspecified atom stereocenters. The first-order valence-electron chi connectivity index (χ1n) is 14.9. The maximum Gasteiger partial charge on any atom is 0.407 e. The third kappa shape index (κ3) is 9.95. The molecule has 0 aliphatic carbocycles. The number of nitrogens with zero attached hydrogens (tertiary/aromatic N) is 6. The van der Waals surface area contributed by atoms with Crippen molar-refractivity contribution in [1.82, 2.24) is 25.5 Å². The number of hydrogen-bond donors (Lipinski definition) is 1. The number of nitrogens with one attached hydrogen (secondary N) is 1. The molecule has 2 saturated heterocycles. The molecule has 2 aromatic heterocycles. The monoisotopic (exact) mass is 615 g/mol. The van der Waals surface area contributed by atoms with Gasteiger partial charge in [-0.25, -0.2) is 27.9 Å². The van der Waals surface area contributed by atoms with E-state index in [9.17, 15) is 18.0 Å². The van der Waals surface area contributed by atoms with Crippen LogP contribution in [-0.4, -0.2) is 70.7 Å². The van der Waals surface area contributed by atoms with E-state index in [2.05, 4.69) is 54.3 Å². The zero-order chi connectivity index (χ0) is 31.7. The van der Waals surface area contributed by atoms with Gasteiger partial charge in [-0.05, 0) is 76.6 Å². The van der Waals surface area contributed by atoms with E-state index >= 15 is 0 Å². The zero-order valence-electron chi connectivity index (χ0n) is 25.6. The molecule has 0 bridgehead atoms. The number of alkyl carbamates (subject to hydrolysis) is 1. The highest BCUT2D eigenvalue weighted by Gasteiger charge is 2.27. The van der Waals surface area contributed by atoms with Crippen molar-refractivity contribution >= 4 is 17.9 Å². The van der Waals surface area contributed by atoms with Crippen LogP contribution in [0.5, 0.6) is 5.75 Å². The number of carbonyl (C=O) groups excluding carboxylic acids is 1. The van der Waals surface area contributed by atoms with Crippen LogP contribution < -0.4 is 19.9 Å². The van der Waals surface area contributed by atoms with Crippen LogP contribution in [0.15, 0.2) is 42.7 Å². The van der Waals surface area contributed by atoms with Gasteiger partial charge < -0.3 is 24.6 Å². The number of carbonyl (C=O) groups is 1. The predicted molar refractivity (Wildman–Crippen MR) is 160 cm³/mol. The molecule has 1 atom stereocenters. The van der Waals surface area contributed by atoms with Gasteiger partial charge in [0.05, 0.1) is 30.7 Å². The topological polar surface area (TPSA) is 106 Å². The van der Waals surface area contributed by atoms with E-state index < -0.39 is 23.1 Å². The highest BCUT2D eigenvalue weighted by atomic mass is 19.2. The second-order valence-electron chi connectivity index (χ2n) is 11.8. The van der Waals surface area contributed by atoms with Gasteiger partial charge in [0.1, 0.15) is 11.4 Å². The zero-order valence-corrected chi connectivity index (χ0v) is 25.6. The summed E-state index contributed by atoms with van der Waals surface area (Å²) in [5, 5.41) is 11.6. The average Bonchev–Trinajstić information content (AvgIpc) is 3.46. The summed E-state index contributed by atoms with van der Waals surface area (Å²) < 4.78 is 47.2. The van der Waals surface area contributed by atoms with Gasteiger partial charge in [0, 0.05) is 32.2 Å². The number of ether oxygens (including phenoxy) is 2. The molecule has 1 amide bonds. The van der Waals surface area contributed by atoms with Crippen LogP contribution in [0.2, 0.25) is 0 Å². The number of piperidine rings is 1. The lowest BCUT2D eigenvalue weighted by molar-refractivity contribution is 0.0509. The van der Waals surface area contributed by atoms with E-state index in [4.69, 9.17) is 9.47 Å². The van der Waals surface area contributed by atoms with Crippen molar-refractivity contribution in [3.05, 3.63) is 65.9 Å². The van der Waals surface area contributed by atoms with Gasteiger partial charge in [-0.1, -0.05) is 6.92 Å². The summed E-state index contributed by atoms with van der Waals surface area (Å²) in [5.74, 6) is -0.183. The number of amides is 1. The number of halogens is 3. The molecule has 1 aromatic carbocycles. The molecule has 13 heteroatoms. The van der Waals surface area contributed by atoms with Crippen LogP contribution in [0.4, 0.5) is 29.7 Å². The fraction of sp³-hybridized carbons (Fsp3) is 0.516. The Morgan fingerprint density at radius 3 is 2.25 bits per heavy atom. The van der Waals surface area contributed by atoms with E-state index in [-0.39, 0.29) is 12.1 Å². The minimum absolute atomic E-state index is 0.0193. The summed E-state index contributed by atoms with van der Waals surface area (Å²) in [6.45, 7) is 11.7. The van der Waals surface area contributed by atoms with Crippen LogP contribution in [0.1, 0.15) is 52.7 Å². The Balaban J connectivity index is 0.000000421. The van der Waals surface area contributed by atoms with Gasteiger partial charge in [-0.3, -0.25) is 0 Å². The Morgan fingerprint density at radius 2 is 1.66 bits per heavy atom. The molecule has 2 aliphatic heterocycles. The summed E-state index contributed by atoms with van der Waals surface area (Å²) in [5.41, 5.74) is 0.514. The van der Waals surface area contributed by atoms with Crippen LogP contribution in [0, 0.1) is 23.4 Å². The standard InChI is InChI=1S/C25H37N7O3.C6H3F3/c1-5-19-6-7-22(30-29-19)31-11-8-18(9-12-31)17-34-21-14-26-23(27-15-21)32-13-10-20(16-32)28-24(33)35-25(2,3)4;7-4-1-2-5(8)6(9)3-4/h6-7,14-15,18,20H,5,8-13,16-17H2,1-4H3,(H,28,33);1-3H. The molecule has 44 heavy (non-hydrogen) atoms. The molecule has 3 aromatic rings. The van der Waals surface area contributed by atoms with Crippen molar-refractivity contribution < 1.29 is 27.4 Å². The second-order valence-corrected chi connectivity index (χ2v) is 11.8. The smallest absolute Gasteiger partial charge is 0.407 e. The Bertz CT molecular complexity index is 1350. The van der Waals surface area contributed by atoms with Gasteiger partial charge >= 0.3 is 6.09 Å². The van der Waals surface area contributed by atoms with E-state index in [0.29, 0.717) is 36.8 Å². The minimum atomic E-state index is -1.16. The molecule has 2 aliphatic rings. The van der Waals surface area contributed by atoms with E-state index in [1.165, 1.54) is 0 Å². The maximum atomic E-state index is 12.0. The van der Waals surface area contributed by atoms with Crippen molar-refractivity contribution in [2.45, 2.75) is 65.0 Å². The van der Waals surface area contributed by atoms with Gasteiger partial charge in [-0.2, -0.15) is 5.10 Å². The molecule has 0 radical (unpaired) electrons. The molecule has 10 nitrogen and oxygen atoms in total. The third-order valence-electron chi connectivity index (χ3n) is 7.18. The van der Waals surface area contributed by atoms with Crippen molar-refractivity contribution in [2.75, 3.05) is 42.6 Å². The molecular formula is C31H40F3N7O3. The second kappa shape index (κ2) is 15.0. The molecule has 238 valence electrons. The van der Waals surface area contributed by atoms with Crippen LogP contribution in [0.3, 0.4) is 0 Å². The lowest BCUT2D eigenvalue weighted by Gasteiger charge is -2.32. The number of hydrogen-bond acceptors (Lipinski definition) is 9. The number of benzene rings is 1. The lowest BCUT2D eigenvalue weighted by atomic mass is 9.98. The largest absolute Gasteiger partial charge is 0.490 e. The Kier molecular flexibility index (Phi) is 11.2. The third-order valence-corrected chi connectivity index (χ3v) is 7.18. The predicted octanol–water partition coefficient (Wildman–Crippen LogP) is 5.33. The van der Waals surface area contributed by atoms with Crippen molar-refractivity contribution in [3.63, 3.8) is 0 Å². The molecule has 4 heterocycles. The van der Waals surface area contributed by atoms with Crippen molar-refractivity contribution in [2.24, 2.45) is 5.92 Å². The highest BCUT2D eigenvalue weighted by Crippen LogP contribution is 2.23. The van der Waals surface area contributed by atoms with Gasteiger partial charge in [0.25, 0.3) is 0 Å². The molecule has 2 fully saturated rings. The van der Waals surface area contributed by atoms with E-state index in [1.807, 2.05) is 20.8 Å². The fourth-order valence-electron chi connectivity index (χ4n) is 4.80. The molecular weight excluding hydrogens is 575 g/mol. The van der Waals surface area contributed by atoms with Gasteiger partial charge in [-0.15, -0.1) is 5.10 Å². The van der Waals surface area contributed by atoms with E-state index in [1.54, 1.807) is 12.4 Å². The number of aromatic nitrogens is 4. The van der Waals surface area contributed by atoms with Crippen LogP contribution in [0.25, 0.3) is 0 Å². The Hall–Kier alpha value is -4.16. The summed E-state index contributed by atoms with van der Waals surface area (Å²) in [4.78, 5) is 25.3.